The van der Waals surface area contributed by atoms with E-state index < -0.39 is 0 Å². The molecule has 328 valence electrons. The first kappa shape index (κ1) is 47.1. The van der Waals surface area contributed by atoms with E-state index in [4.69, 9.17) is 0 Å². The highest BCUT2D eigenvalue weighted by molar-refractivity contribution is 4.92. The molecule has 8 saturated carbocycles. The first-order chi connectivity index (χ1) is 26.4. The van der Waals surface area contributed by atoms with Crippen molar-refractivity contribution in [3.63, 3.8) is 0 Å². The van der Waals surface area contributed by atoms with Gasteiger partial charge in [-0.05, 0) is 252 Å². The minimum absolute atomic E-state index is 0.648. The van der Waals surface area contributed by atoms with Crippen LogP contribution in [0.15, 0.2) is 0 Å². The number of hydrogen-bond donors (Lipinski definition) is 0. The second-order valence-corrected chi connectivity index (χ2v) is 26.1. The van der Waals surface area contributed by atoms with Gasteiger partial charge in [-0.3, -0.25) is 0 Å². The largest absolute Gasteiger partial charge is 0.0651 e. The summed E-state index contributed by atoms with van der Waals surface area (Å²) >= 11 is 0. The van der Waals surface area contributed by atoms with E-state index in [0.717, 1.165) is 118 Å². The summed E-state index contributed by atoms with van der Waals surface area (Å²) in [6, 6.07) is 0. The first-order valence-corrected chi connectivity index (χ1v) is 26.4. The van der Waals surface area contributed by atoms with Crippen molar-refractivity contribution in [2.75, 3.05) is 0 Å². The SMILES string of the molecule is CC(C)C1CC2CC(C1)CC(C(C)C)C2.CC(C)C1C[C@@H]2C[C@H](C1)CC(C)(C)C2.CC1C[C@@H]2CC(C(C)C)C[C@H](C1)C2.CCC1C[C@@H]2CC(C(C)C)C[C@H](C1)C2. The Kier molecular flexibility index (Phi) is 17.8. The fourth-order valence-corrected chi connectivity index (χ4v) is 15.9. The summed E-state index contributed by atoms with van der Waals surface area (Å²) in [6.45, 7) is 34.0. The van der Waals surface area contributed by atoms with Gasteiger partial charge in [0.25, 0.3) is 0 Å². The summed E-state index contributed by atoms with van der Waals surface area (Å²) in [5.41, 5.74) is 0.648. The minimum atomic E-state index is 0.648. The molecule has 0 heteroatoms. The third-order valence-corrected chi connectivity index (χ3v) is 18.8. The lowest BCUT2D eigenvalue weighted by atomic mass is 9.58. The van der Waals surface area contributed by atoms with Crippen LogP contribution in [0.2, 0.25) is 0 Å². The van der Waals surface area contributed by atoms with Crippen molar-refractivity contribution in [2.45, 2.75) is 232 Å². The van der Waals surface area contributed by atoms with Crippen molar-refractivity contribution >= 4 is 0 Å². The molecule has 0 N–H and O–H groups in total. The van der Waals surface area contributed by atoms with E-state index >= 15 is 0 Å². The molecule has 0 aromatic heterocycles. The van der Waals surface area contributed by atoms with E-state index in [-0.39, 0.29) is 0 Å². The van der Waals surface area contributed by atoms with Gasteiger partial charge >= 0.3 is 0 Å². The molecule has 11 atom stereocenters. The maximum atomic E-state index is 2.47. The minimum Gasteiger partial charge on any atom is -0.0651 e. The van der Waals surface area contributed by atoms with Crippen LogP contribution < -0.4 is 0 Å². The Balaban J connectivity index is 0.000000143. The average Bonchev–Trinajstić information content (AvgIpc) is 3.10. The molecule has 5 unspecified atom stereocenters. The normalized spacial score (nSPS) is 42.6. The van der Waals surface area contributed by atoms with Gasteiger partial charge < -0.3 is 0 Å². The molecule has 8 rings (SSSR count). The van der Waals surface area contributed by atoms with Crippen molar-refractivity contribution in [2.24, 2.45) is 124 Å². The molecule has 0 radical (unpaired) electrons. The van der Waals surface area contributed by atoms with Crippen LogP contribution in [0.1, 0.15) is 232 Å². The summed E-state index contributed by atoms with van der Waals surface area (Å²) in [7, 11) is 0. The molecular weight excluding hydrogens is 673 g/mol. The second-order valence-electron chi connectivity index (χ2n) is 26.1. The summed E-state index contributed by atoms with van der Waals surface area (Å²) in [6.07, 6.45) is 32.2. The first-order valence-electron chi connectivity index (χ1n) is 26.4. The van der Waals surface area contributed by atoms with E-state index in [1.807, 2.05) is 0 Å². The molecule has 0 aliphatic heterocycles. The maximum Gasteiger partial charge on any atom is -0.0349 e. The lowest BCUT2D eigenvalue weighted by molar-refractivity contribution is 0.0397. The van der Waals surface area contributed by atoms with Crippen LogP contribution in [0.25, 0.3) is 0 Å². The third-order valence-electron chi connectivity index (χ3n) is 18.8. The second kappa shape index (κ2) is 21.2. The number of hydrogen-bond acceptors (Lipinski definition) is 0. The fourth-order valence-electron chi connectivity index (χ4n) is 15.9. The van der Waals surface area contributed by atoms with Gasteiger partial charge in [-0.1, -0.05) is 103 Å². The third kappa shape index (κ3) is 14.0. The van der Waals surface area contributed by atoms with Crippen LogP contribution in [-0.2, 0) is 0 Å². The van der Waals surface area contributed by atoms with Crippen LogP contribution in [0, 0.1) is 124 Å². The van der Waals surface area contributed by atoms with Crippen LogP contribution in [0.3, 0.4) is 0 Å². The van der Waals surface area contributed by atoms with E-state index in [0.29, 0.717) is 5.41 Å². The Hall–Kier alpha value is 0. The van der Waals surface area contributed by atoms with Gasteiger partial charge in [-0.2, -0.15) is 0 Å². The van der Waals surface area contributed by atoms with Gasteiger partial charge in [0, 0.05) is 0 Å². The maximum absolute atomic E-state index is 2.47. The quantitative estimate of drug-likeness (QED) is 0.252. The van der Waals surface area contributed by atoms with Crippen LogP contribution >= 0.6 is 0 Å². The van der Waals surface area contributed by atoms with E-state index in [1.54, 1.807) is 64.2 Å². The summed E-state index contributed by atoms with van der Waals surface area (Å²) in [5, 5.41) is 0. The molecule has 0 aromatic rings. The highest BCUT2D eigenvalue weighted by Gasteiger charge is 2.41. The monoisotopic (exact) mass is 777 g/mol. The molecule has 0 aromatic carbocycles. The van der Waals surface area contributed by atoms with Gasteiger partial charge in [0.05, 0.1) is 0 Å². The van der Waals surface area contributed by atoms with Gasteiger partial charge in [-0.25, -0.2) is 0 Å². The summed E-state index contributed by atoms with van der Waals surface area (Å²) in [5.74, 6) is 20.6. The molecule has 0 spiro atoms. The van der Waals surface area contributed by atoms with E-state index in [2.05, 4.69) is 96.9 Å². The van der Waals surface area contributed by atoms with Crippen molar-refractivity contribution in [3.8, 4) is 0 Å². The predicted octanol–water partition coefficient (Wildman–Crippen LogP) is 17.8. The van der Waals surface area contributed by atoms with Crippen molar-refractivity contribution in [1.82, 2.24) is 0 Å². The van der Waals surface area contributed by atoms with E-state index in [9.17, 15) is 0 Å². The van der Waals surface area contributed by atoms with Gasteiger partial charge in [0.1, 0.15) is 0 Å². The summed E-state index contributed by atoms with van der Waals surface area (Å²) < 4.78 is 0. The fraction of sp³-hybridized carbons (Fsp3) is 1.00. The average molecular weight is 777 g/mol. The molecular formula is C56H104. The van der Waals surface area contributed by atoms with Gasteiger partial charge in [-0.15, -0.1) is 0 Å². The van der Waals surface area contributed by atoms with Crippen LogP contribution in [0.4, 0.5) is 0 Å². The lowest BCUT2D eigenvalue weighted by Crippen LogP contribution is -2.36. The number of fused-ring (bicyclic) bond motifs is 8. The molecule has 0 nitrogen and oxygen atoms in total. The highest BCUT2D eigenvalue weighted by Crippen LogP contribution is 2.52. The van der Waals surface area contributed by atoms with Crippen LogP contribution in [0.5, 0.6) is 0 Å². The zero-order chi connectivity index (χ0) is 40.9. The summed E-state index contributed by atoms with van der Waals surface area (Å²) in [4.78, 5) is 0. The van der Waals surface area contributed by atoms with Crippen LogP contribution in [-0.4, -0.2) is 0 Å². The molecule has 0 amide bonds. The predicted molar refractivity (Wildman–Crippen MR) is 249 cm³/mol. The standard InChI is InChI=1S/C15H28.2C14H26.C13H24/c1-10(2)14-6-12-5-13(7-14)9-15(8-12)11(3)4;1-10(2)13-6-11-5-12(7-13)9-14(3,4)8-11;1-4-11-5-12-7-13(6-11)9-14(8-12)10(2)3;1-9(2)13-7-11-4-10(3)5-12(6-11)8-13/h10-15H,5-9H2,1-4H3;10-13H,5-9H2,1-4H3;10-14H,4-9H2,1-3H3;9-13H,4-8H2,1-3H3/t;11-,12+,13?;11?,12-,13+,14?;10?,11-,12+,13?. The van der Waals surface area contributed by atoms with Crippen molar-refractivity contribution < 1.29 is 0 Å². The zero-order valence-corrected chi connectivity index (χ0v) is 40.9. The molecule has 56 heavy (non-hydrogen) atoms. The van der Waals surface area contributed by atoms with E-state index in [1.165, 1.54) is 70.6 Å². The van der Waals surface area contributed by atoms with Gasteiger partial charge in [0.15, 0.2) is 0 Å². The highest BCUT2D eigenvalue weighted by atomic mass is 14.5. The molecule has 8 aliphatic carbocycles. The Bertz CT molecular complexity index is 1030. The van der Waals surface area contributed by atoms with Crippen molar-refractivity contribution in [1.29, 1.82) is 0 Å². The molecule has 8 fully saturated rings. The molecule has 0 heterocycles. The Morgan fingerprint density at radius 2 is 0.571 bits per heavy atom. The van der Waals surface area contributed by atoms with Gasteiger partial charge in [0.2, 0.25) is 0 Å². The zero-order valence-electron chi connectivity index (χ0n) is 40.9. The lowest BCUT2D eigenvalue weighted by Gasteiger charge is -2.47. The Morgan fingerprint density at radius 3 is 0.839 bits per heavy atom. The molecule has 8 bridgehead atoms. The smallest absolute Gasteiger partial charge is 0.0349 e. The molecule has 8 aliphatic rings. The Labute approximate surface area is 354 Å². The Morgan fingerprint density at radius 1 is 0.339 bits per heavy atom. The van der Waals surface area contributed by atoms with Crippen molar-refractivity contribution in [3.05, 3.63) is 0 Å². The topological polar surface area (TPSA) is 0 Å². The molecule has 0 saturated heterocycles. The number of rotatable bonds is 6.